The summed E-state index contributed by atoms with van der Waals surface area (Å²) in [7, 11) is 0. The molecule has 8 nitrogen and oxygen atoms in total. The molecular weight excluding hydrogens is 481 g/mol. The number of nitrogens with zero attached hydrogens (tertiary/aromatic N) is 5. The molecule has 2 saturated heterocycles. The lowest BCUT2D eigenvalue weighted by Gasteiger charge is -2.46. The lowest BCUT2D eigenvalue weighted by molar-refractivity contribution is -0.0772. The number of aromatic nitrogens is 4. The molecular formula is C26H30FN5O3S. The van der Waals surface area contributed by atoms with Gasteiger partial charge in [-0.05, 0) is 43.4 Å². The van der Waals surface area contributed by atoms with E-state index in [0.717, 1.165) is 42.3 Å². The van der Waals surface area contributed by atoms with Crippen molar-refractivity contribution in [2.24, 2.45) is 11.8 Å². The molecule has 0 N–H and O–H groups in total. The van der Waals surface area contributed by atoms with Gasteiger partial charge in [0.15, 0.2) is 11.6 Å². The first kappa shape index (κ1) is 24.7. The van der Waals surface area contributed by atoms with Crippen LogP contribution in [0.2, 0.25) is 0 Å². The standard InChI is InChI=1S/C26H30FN5O3S/c1-4-5-17-9-28-26(29-10-17)32-11-18-13-33-14-19(12-32)23(18)35-25-16(2)24(30-15-31-25)34-22-7-6-20(36-3)8-21(22)27/h6-10,15,18-19,23H,4-5,11-14H2,1-3H3. The molecule has 36 heavy (non-hydrogen) atoms. The summed E-state index contributed by atoms with van der Waals surface area (Å²) in [6, 6.07) is 4.87. The van der Waals surface area contributed by atoms with E-state index in [4.69, 9.17) is 14.2 Å². The van der Waals surface area contributed by atoms with Crippen molar-refractivity contribution < 1.29 is 18.6 Å². The van der Waals surface area contributed by atoms with E-state index in [1.165, 1.54) is 24.2 Å². The largest absolute Gasteiger partial charge is 0.473 e. The second kappa shape index (κ2) is 11.0. The lowest BCUT2D eigenvalue weighted by Crippen LogP contribution is -2.58. The van der Waals surface area contributed by atoms with Gasteiger partial charge in [0, 0.05) is 42.2 Å². The lowest BCUT2D eigenvalue weighted by atomic mass is 9.84. The molecule has 2 aliphatic heterocycles. The van der Waals surface area contributed by atoms with E-state index in [1.54, 1.807) is 6.07 Å². The van der Waals surface area contributed by atoms with Crippen LogP contribution in [0.3, 0.4) is 0 Å². The Balaban J connectivity index is 1.30. The number of anilines is 1. The number of hydrogen-bond acceptors (Lipinski definition) is 9. The van der Waals surface area contributed by atoms with Crippen LogP contribution >= 0.6 is 11.8 Å². The second-order valence-electron chi connectivity index (χ2n) is 9.19. The quantitative estimate of drug-likeness (QED) is 0.399. The van der Waals surface area contributed by atoms with E-state index < -0.39 is 5.82 Å². The van der Waals surface area contributed by atoms with Crippen LogP contribution in [0.4, 0.5) is 10.3 Å². The number of ether oxygens (including phenoxy) is 3. The number of hydrogen-bond donors (Lipinski definition) is 0. The number of thioether (sulfide) groups is 1. The van der Waals surface area contributed by atoms with Crippen molar-refractivity contribution in [3.05, 3.63) is 53.9 Å². The highest BCUT2D eigenvalue weighted by Crippen LogP contribution is 2.35. The molecule has 3 aromatic rings. The van der Waals surface area contributed by atoms with Crippen LogP contribution in [0.25, 0.3) is 0 Å². The fourth-order valence-electron chi connectivity index (χ4n) is 4.75. The van der Waals surface area contributed by atoms with Gasteiger partial charge in [-0.25, -0.2) is 24.3 Å². The van der Waals surface area contributed by atoms with Gasteiger partial charge in [-0.2, -0.15) is 0 Å². The number of halogens is 1. The molecule has 5 rings (SSSR count). The van der Waals surface area contributed by atoms with Gasteiger partial charge in [-0.3, -0.25) is 0 Å². The summed E-state index contributed by atoms with van der Waals surface area (Å²) < 4.78 is 32.6. The molecule has 2 atom stereocenters. The summed E-state index contributed by atoms with van der Waals surface area (Å²) in [5.41, 5.74) is 1.78. The maximum absolute atomic E-state index is 14.5. The normalized spacial score (nSPS) is 21.3. The van der Waals surface area contributed by atoms with E-state index in [-0.39, 0.29) is 29.6 Å². The zero-order valence-electron chi connectivity index (χ0n) is 20.7. The Hall–Kier alpha value is -2.98. The van der Waals surface area contributed by atoms with Crippen LogP contribution in [0.5, 0.6) is 17.5 Å². The molecule has 1 aromatic carbocycles. The molecule has 2 unspecified atom stereocenters. The summed E-state index contributed by atoms with van der Waals surface area (Å²) in [4.78, 5) is 20.8. The predicted octanol–water partition coefficient (Wildman–Crippen LogP) is 4.71. The maximum atomic E-state index is 14.5. The zero-order valence-corrected chi connectivity index (χ0v) is 21.5. The van der Waals surface area contributed by atoms with Crippen molar-refractivity contribution in [3.8, 4) is 17.5 Å². The molecule has 0 saturated carbocycles. The third kappa shape index (κ3) is 5.24. The Morgan fingerprint density at radius 1 is 1.08 bits per heavy atom. The fraction of sp³-hybridized carbons (Fsp3) is 0.462. The smallest absolute Gasteiger partial charge is 0.229 e. The second-order valence-corrected chi connectivity index (χ2v) is 10.1. The summed E-state index contributed by atoms with van der Waals surface area (Å²) >= 11 is 1.47. The molecule has 10 heteroatoms. The van der Waals surface area contributed by atoms with Crippen molar-refractivity contribution >= 4 is 17.7 Å². The monoisotopic (exact) mass is 511 g/mol. The number of rotatable bonds is 8. The number of fused-ring (bicyclic) bond motifs is 2. The summed E-state index contributed by atoms with van der Waals surface area (Å²) in [5, 5.41) is 0. The van der Waals surface area contributed by atoms with Gasteiger partial charge in [0.1, 0.15) is 12.4 Å². The zero-order chi connectivity index (χ0) is 25.1. The van der Waals surface area contributed by atoms with E-state index >= 15 is 0 Å². The first-order chi connectivity index (χ1) is 17.6. The van der Waals surface area contributed by atoms with E-state index in [2.05, 4.69) is 31.8 Å². The third-order valence-electron chi connectivity index (χ3n) is 6.60. The summed E-state index contributed by atoms with van der Waals surface area (Å²) in [6.07, 6.45) is 9.10. The molecule has 0 spiro atoms. The molecule has 4 heterocycles. The summed E-state index contributed by atoms with van der Waals surface area (Å²) in [5.74, 6) is 1.40. The Bertz CT molecular complexity index is 1180. The minimum Gasteiger partial charge on any atom is -0.473 e. The highest BCUT2D eigenvalue weighted by molar-refractivity contribution is 7.98. The van der Waals surface area contributed by atoms with Gasteiger partial charge in [0.05, 0.1) is 18.8 Å². The SMILES string of the molecule is CCCc1cnc(N2CC3COCC(C2)C3Oc2ncnc(Oc3ccc(SC)cc3F)c2C)nc1. The first-order valence-corrected chi connectivity index (χ1v) is 13.4. The molecule has 0 aliphatic carbocycles. The minimum absolute atomic E-state index is 0.0755. The van der Waals surface area contributed by atoms with Crippen molar-refractivity contribution in [2.75, 3.05) is 37.5 Å². The van der Waals surface area contributed by atoms with E-state index in [1.807, 2.05) is 31.6 Å². The Morgan fingerprint density at radius 2 is 1.81 bits per heavy atom. The van der Waals surface area contributed by atoms with Crippen molar-refractivity contribution in [1.82, 2.24) is 19.9 Å². The topological polar surface area (TPSA) is 82.5 Å². The first-order valence-electron chi connectivity index (χ1n) is 12.2. The highest BCUT2D eigenvalue weighted by atomic mass is 32.2. The third-order valence-corrected chi connectivity index (χ3v) is 7.33. The molecule has 190 valence electrons. The number of aryl methyl sites for hydroxylation is 1. The Kier molecular flexibility index (Phi) is 7.52. The number of piperidine rings is 1. The van der Waals surface area contributed by atoms with Crippen LogP contribution in [0.1, 0.15) is 24.5 Å². The fourth-order valence-corrected chi connectivity index (χ4v) is 5.17. The molecule has 0 radical (unpaired) electrons. The van der Waals surface area contributed by atoms with Gasteiger partial charge >= 0.3 is 0 Å². The van der Waals surface area contributed by atoms with Crippen LogP contribution in [-0.2, 0) is 11.2 Å². The average Bonchev–Trinajstić information content (AvgIpc) is 2.88. The molecule has 2 bridgehead atoms. The van der Waals surface area contributed by atoms with E-state index in [9.17, 15) is 4.39 Å². The van der Waals surface area contributed by atoms with Crippen molar-refractivity contribution in [1.29, 1.82) is 0 Å². The van der Waals surface area contributed by atoms with Crippen LogP contribution in [-0.4, -0.2) is 58.6 Å². The van der Waals surface area contributed by atoms with Crippen LogP contribution < -0.4 is 14.4 Å². The molecule has 2 aliphatic rings. The van der Waals surface area contributed by atoms with E-state index in [0.29, 0.717) is 24.7 Å². The van der Waals surface area contributed by atoms with Gasteiger partial charge < -0.3 is 19.1 Å². The van der Waals surface area contributed by atoms with Gasteiger partial charge in [-0.1, -0.05) is 13.3 Å². The summed E-state index contributed by atoms with van der Waals surface area (Å²) in [6.45, 7) is 6.61. The molecule has 2 fully saturated rings. The Labute approximate surface area is 214 Å². The van der Waals surface area contributed by atoms with Gasteiger partial charge in [0.25, 0.3) is 0 Å². The highest BCUT2D eigenvalue weighted by Gasteiger charge is 2.43. The molecule has 2 aromatic heterocycles. The Morgan fingerprint density at radius 3 is 2.47 bits per heavy atom. The van der Waals surface area contributed by atoms with Crippen molar-refractivity contribution in [2.45, 2.75) is 37.7 Å². The number of benzene rings is 1. The van der Waals surface area contributed by atoms with Crippen molar-refractivity contribution in [3.63, 3.8) is 0 Å². The van der Waals surface area contributed by atoms with Crippen LogP contribution in [0.15, 0.2) is 41.8 Å². The van der Waals surface area contributed by atoms with Gasteiger partial charge in [0.2, 0.25) is 17.7 Å². The van der Waals surface area contributed by atoms with Gasteiger partial charge in [-0.15, -0.1) is 11.8 Å². The maximum Gasteiger partial charge on any atom is 0.229 e. The minimum atomic E-state index is -0.439. The average molecular weight is 512 g/mol. The van der Waals surface area contributed by atoms with Crippen LogP contribution in [0, 0.1) is 24.6 Å². The predicted molar refractivity (Wildman–Crippen MR) is 135 cm³/mol. The molecule has 0 amide bonds.